The zero-order valence-corrected chi connectivity index (χ0v) is 13.6. The largest absolute Gasteiger partial charge is 0.480 e. The average molecular weight is 354 g/mol. The SMILES string of the molecule is CCN(C(=O)Nc1ccc(C#N)cc1Br)C(C)(C)C(=O)O. The molecule has 0 saturated carbocycles. The molecule has 0 aromatic heterocycles. The summed E-state index contributed by atoms with van der Waals surface area (Å²) < 4.78 is 0.555. The number of benzene rings is 1. The molecule has 0 saturated heterocycles. The number of rotatable bonds is 4. The topological polar surface area (TPSA) is 93.4 Å². The van der Waals surface area contributed by atoms with Gasteiger partial charge < -0.3 is 15.3 Å². The average Bonchev–Trinajstić information content (AvgIpc) is 2.41. The molecule has 2 amide bonds. The molecule has 1 rings (SSSR count). The van der Waals surface area contributed by atoms with E-state index in [4.69, 9.17) is 5.26 Å². The Morgan fingerprint density at radius 2 is 2.10 bits per heavy atom. The summed E-state index contributed by atoms with van der Waals surface area (Å²) in [5, 5.41) is 20.7. The first-order valence-corrected chi connectivity index (χ1v) is 7.05. The predicted octanol–water partition coefficient (Wildman–Crippen LogP) is 3.04. The van der Waals surface area contributed by atoms with Crippen LogP contribution in [0.4, 0.5) is 10.5 Å². The van der Waals surface area contributed by atoms with Gasteiger partial charge in [0.1, 0.15) is 5.54 Å². The molecule has 0 bridgehead atoms. The minimum absolute atomic E-state index is 0.249. The molecule has 0 atom stereocenters. The van der Waals surface area contributed by atoms with Gasteiger partial charge in [0, 0.05) is 11.0 Å². The molecule has 21 heavy (non-hydrogen) atoms. The van der Waals surface area contributed by atoms with Crippen molar-refractivity contribution in [3.8, 4) is 6.07 Å². The summed E-state index contributed by atoms with van der Waals surface area (Å²) in [5.41, 5.74) is -0.394. The molecule has 1 aromatic rings. The number of anilines is 1. The van der Waals surface area contributed by atoms with Crippen LogP contribution in [0.2, 0.25) is 0 Å². The summed E-state index contributed by atoms with van der Waals surface area (Å²) in [4.78, 5) is 24.8. The Morgan fingerprint density at radius 3 is 2.52 bits per heavy atom. The van der Waals surface area contributed by atoms with Gasteiger partial charge in [-0.25, -0.2) is 9.59 Å². The standard InChI is InChI=1S/C14H16BrN3O3/c1-4-18(14(2,3)12(19)20)13(21)17-11-6-5-9(8-16)7-10(11)15/h5-7H,4H2,1-3H3,(H,17,21)(H,19,20). The number of carboxylic acids is 1. The highest BCUT2D eigenvalue weighted by Crippen LogP contribution is 2.25. The molecular weight excluding hydrogens is 338 g/mol. The van der Waals surface area contributed by atoms with Crippen LogP contribution in [0.1, 0.15) is 26.3 Å². The van der Waals surface area contributed by atoms with E-state index in [0.29, 0.717) is 15.7 Å². The fourth-order valence-corrected chi connectivity index (χ4v) is 2.25. The van der Waals surface area contributed by atoms with Crippen molar-refractivity contribution in [3.63, 3.8) is 0 Å². The normalized spacial score (nSPS) is 10.6. The van der Waals surface area contributed by atoms with Gasteiger partial charge in [0.2, 0.25) is 0 Å². The third-order valence-corrected chi connectivity index (χ3v) is 3.76. The number of urea groups is 1. The number of nitrogens with zero attached hydrogens (tertiary/aromatic N) is 2. The van der Waals surface area contributed by atoms with Crippen LogP contribution in [0.15, 0.2) is 22.7 Å². The quantitative estimate of drug-likeness (QED) is 0.869. The minimum Gasteiger partial charge on any atom is -0.480 e. The number of hydrogen-bond acceptors (Lipinski definition) is 3. The third-order valence-electron chi connectivity index (χ3n) is 3.10. The predicted molar refractivity (Wildman–Crippen MR) is 82.0 cm³/mol. The first-order chi connectivity index (χ1) is 9.73. The van der Waals surface area contributed by atoms with E-state index in [1.807, 2.05) is 6.07 Å². The number of likely N-dealkylation sites (N-methyl/N-ethyl adjacent to an activating group) is 1. The number of carbonyl (C=O) groups is 2. The molecule has 0 spiro atoms. The van der Waals surface area contributed by atoms with Crippen LogP contribution in [0.5, 0.6) is 0 Å². The Labute approximate surface area is 131 Å². The van der Waals surface area contributed by atoms with Crippen molar-refractivity contribution in [2.75, 3.05) is 11.9 Å². The van der Waals surface area contributed by atoms with E-state index in [2.05, 4.69) is 21.2 Å². The Morgan fingerprint density at radius 1 is 1.48 bits per heavy atom. The lowest BCUT2D eigenvalue weighted by Crippen LogP contribution is -2.54. The number of amides is 2. The van der Waals surface area contributed by atoms with Gasteiger partial charge in [0.15, 0.2) is 0 Å². The Bertz CT molecular complexity index is 608. The number of halogens is 1. The van der Waals surface area contributed by atoms with Crippen LogP contribution in [0, 0.1) is 11.3 Å². The van der Waals surface area contributed by atoms with E-state index >= 15 is 0 Å². The minimum atomic E-state index is -1.32. The van der Waals surface area contributed by atoms with Gasteiger partial charge >= 0.3 is 12.0 Å². The number of nitrogens with one attached hydrogen (secondary N) is 1. The maximum atomic E-state index is 12.3. The molecule has 0 fully saturated rings. The van der Waals surface area contributed by atoms with Crippen molar-refractivity contribution in [3.05, 3.63) is 28.2 Å². The Balaban J connectivity index is 2.99. The maximum Gasteiger partial charge on any atom is 0.329 e. The van der Waals surface area contributed by atoms with Crippen LogP contribution in [0.3, 0.4) is 0 Å². The second-order valence-electron chi connectivity index (χ2n) is 4.85. The number of aliphatic carboxylic acids is 1. The summed E-state index contributed by atoms with van der Waals surface area (Å²) in [6.07, 6.45) is 0. The molecule has 0 heterocycles. The summed E-state index contributed by atoms with van der Waals surface area (Å²) in [6, 6.07) is 6.20. The van der Waals surface area contributed by atoms with Crippen molar-refractivity contribution < 1.29 is 14.7 Å². The van der Waals surface area contributed by atoms with Crippen LogP contribution < -0.4 is 5.32 Å². The molecule has 6 nitrogen and oxygen atoms in total. The first-order valence-electron chi connectivity index (χ1n) is 6.25. The summed E-state index contributed by atoms with van der Waals surface area (Å²) >= 11 is 3.27. The highest BCUT2D eigenvalue weighted by molar-refractivity contribution is 9.10. The number of nitriles is 1. The van der Waals surface area contributed by atoms with E-state index in [1.165, 1.54) is 18.7 Å². The number of carbonyl (C=O) groups excluding carboxylic acids is 1. The Kier molecular flexibility index (Phi) is 5.33. The van der Waals surface area contributed by atoms with Crippen molar-refractivity contribution in [2.24, 2.45) is 0 Å². The van der Waals surface area contributed by atoms with Crippen molar-refractivity contribution in [1.82, 2.24) is 4.90 Å². The van der Waals surface area contributed by atoms with Gasteiger partial charge in [0.25, 0.3) is 0 Å². The second kappa shape index (κ2) is 6.59. The monoisotopic (exact) mass is 353 g/mol. The van der Waals surface area contributed by atoms with E-state index in [-0.39, 0.29) is 6.54 Å². The van der Waals surface area contributed by atoms with Crippen molar-refractivity contribution in [2.45, 2.75) is 26.3 Å². The van der Waals surface area contributed by atoms with Gasteiger partial charge in [-0.05, 0) is 54.9 Å². The molecule has 0 aliphatic carbocycles. The van der Waals surface area contributed by atoms with Crippen LogP contribution in [0.25, 0.3) is 0 Å². The maximum absolute atomic E-state index is 12.3. The van der Waals surface area contributed by atoms with Crippen molar-refractivity contribution in [1.29, 1.82) is 5.26 Å². The lowest BCUT2D eigenvalue weighted by molar-refractivity contribution is -0.147. The fourth-order valence-electron chi connectivity index (χ4n) is 1.78. The zero-order chi connectivity index (χ0) is 16.2. The molecule has 0 aliphatic rings. The summed E-state index contributed by atoms with van der Waals surface area (Å²) in [5.74, 6) is -1.08. The van der Waals surface area contributed by atoms with Gasteiger partial charge in [-0.2, -0.15) is 5.26 Å². The summed E-state index contributed by atoms with van der Waals surface area (Å²) in [7, 11) is 0. The lowest BCUT2D eigenvalue weighted by Gasteiger charge is -2.34. The zero-order valence-electron chi connectivity index (χ0n) is 12.0. The van der Waals surface area contributed by atoms with E-state index in [9.17, 15) is 14.7 Å². The molecule has 1 aromatic carbocycles. The molecule has 112 valence electrons. The molecule has 0 radical (unpaired) electrons. The first kappa shape index (κ1) is 17.0. The van der Waals surface area contributed by atoms with Gasteiger partial charge in [-0.15, -0.1) is 0 Å². The van der Waals surface area contributed by atoms with Gasteiger partial charge in [0.05, 0.1) is 17.3 Å². The molecule has 2 N–H and O–H groups in total. The Hall–Kier alpha value is -2.07. The summed E-state index contributed by atoms with van der Waals surface area (Å²) in [6.45, 7) is 4.88. The third kappa shape index (κ3) is 3.73. The number of carboxylic acid groups (broad SMARTS) is 1. The fraction of sp³-hybridized carbons (Fsp3) is 0.357. The van der Waals surface area contributed by atoms with E-state index in [1.54, 1.807) is 25.1 Å². The smallest absolute Gasteiger partial charge is 0.329 e. The lowest BCUT2D eigenvalue weighted by atomic mass is 10.0. The van der Waals surface area contributed by atoms with Crippen LogP contribution in [-0.4, -0.2) is 34.1 Å². The molecule has 7 heteroatoms. The van der Waals surface area contributed by atoms with Crippen LogP contribution >= 0.6 is 15.9 Å². The number of hydrogen-bond donors (Lipinski definition) is 2. The van der Waals surface area contributed by atoms with Crippen molar-refractivity contribution >= 4 is 33.6 Å². The van der Waals surface area contributed by atoms with Crippen LogP contribution in [-0.2, 0) is 4.79 Å². The van der Waals surface area contributed by atoms with Gasteiger partial charge in [-0.3, -0.25) is 0 Å². The highest BCUT2D eigenvalue weighted by atomic mass is 79.9. The molecule has 0 aliphatic heterocycles. The molecule has 0 unspecified atom stereocenters. The van der Waals surface area contributed by atoms with Gasteiger partial charge in [-0.1, -0.05) is 0 Å². The van der Waals surface area contributed by atoms with E-state index < -0.39 is 17.5 Å². The molecular formula is C14H16BrN3O3. The second-order valence-corrected chi connectivity index (χ2v) is 5.70. The van der Waals surface area contributed by atoms with E-state index in [0.717, 1.165) is 0 Å². The highest BCUT2D eigenvalue weighted by Gasteiger charge is 2.37.